The second kappa shape index (κ2) is 6.26. The van der Waals surface area contributed by atoms with Gasteiger partial charge in [0.15, 0.2) is 0 Å². The van der Waals surface area contributed by atoms with Gasteiger partial charge in [-0.15, -0.1) is 11.3 Å². The third-order valence-corrected chi connectivity index (χ3v) is 5.47. The lowest BCUT2D eigenvalue weighted by molar-refractivity contribution is -0.147. The van der Waals surface area contributed by atoms with Crippen molar-refractivity contribution < 1.29 is 14.7 Å². The van der Waals surface area contributed by atoms with E-state index in [1.807, 2.05) is 6.07 Å². The van der Waals surface area contributed by atoms with Crippen LogP contribution in [0.15, 0.2) is 15.9 Å². The van der Waals surface area contributed by atoms with Crippen LogP contribution in [0.1, 0.15) is 31.1 Å². The summed E-state index contributed by atoms with van der Waals surface area (Å²) in [5.74, 6) is -0.734. The Morgan fingerprint density at radius 2 is 2.25 bits per heavy atom. The second-order valence-electron chi connectivity index (χ2n) is 5.49. The lowest BCUT2D eigenvalue weighted by Crippen LogP contribution is -2.34. The van der Waals surface area contributed by atoms with Crippen molar-refractivity contribution in [2.45, 2.75) is 32.6 Å². The van der Waals surface area contributed by atoms with Gasteiger partial charge < -0.3 is 10.0 Å². The van der Waals surface area contributed by atoms with Gasteiger partial charge in [-0.3, -0.25) is 9.59 Å². The molecule has 6 heteroatoms. The van der Waals surface area contributed by atoms with E-state index in [-0.39, 0.29) is 5.91 Å². The van der Waals surface area contributed by atoms with E-state index in [9.17, 15) is 9.59 Å². The van der Waals surface area contributed by atoms with Gasteiger partial charge in [0.05, 0.1) is 9.20 Å². The summed E-state index contributed by atoms with van der Waals surface area (Å²) < 4.78 is 1.11. The maximum Gasteiger partial charge on any atom is 0.311 e. The molecule has 2 heterocycles. The van der Waals surface area contributed by atoms with E-state index in [0.29, 0.717) is 25.9 Å². The van der Waals surface area contributed by atoms with Gasteiger partial charge >= 0.3 is 5.97 Å². The van der Waals surface area contributed by atoms with Gasteiger partial charge in [-0.25, -0.2) is 0 Å². The number of carboxylic acid groups (broad SMARTS) is 1. The fourth-order valence-electron chi connectivity index (χ4n) is 2.41. The minimum absolute atomic E-state index is 0.0746. The SMILES string of the molecule is C[C@@]1(C(=O)O)CCN(C(=O)CCCc2ccc(Br)s2)C1. The minimum Gasteiger partial charge on any atom is -0.481 e. The average Bonchev–Trinajstić information content (AvgIpc) is 2.97. The van der Waals surface area contributed by atoms with Gasteiger partial charge in [-0.1, -0.05) is 0 Å². The van der Waals surface area contributed by atoms with Crippen molar-refractivity contribution in [1.29, 1.82) is 0 Å². The largest absolute Gasteiger partial charge is 0.481 e. The number of rotatable bonds is 5. The van der Waals surface area contributed by atoms with Gasteiger partial charge in [-0.05, 0) is 54.2 Å². The third kappa shape index (κ3) is 3.61. The first-order chi connectivity index (χ1) is 9.40. The molecule has 20 heavy (non-hydrogen) atoms. The summed E-state index contributed by atoms with van der Waals surface area (Å²) in [6.07, 6.45) is 2.75. The summed E-state index contributed by atoms with van der Waals surface area (Å²) in [4.78, 5) is 26.2. The predicted molar refractivity (Wildman–Crippen MR) is 81.9 cm³/mol. The van der Waals surface area contributed by atoms with Crippen LogP contribution in [0.2, 0.25) is 0 Å². The summed E-state index contributed by atoms with van der Waals surface area (Å²) in [6.45, 7) is 2.61. The summed E-state index contributed by atoms with van der Waals surface area (Å²) in [7, 11) is 0. The standard InChI is InChI=1S/C14H18BrNO3S/c1-14(13(18)19)7-8-16(9-14)12(17)4-2-3-10-5-6-11(15)20-10/h5-6H,2-4,7-9H2,1H3,(H,18,19)/t14-/m1/s1. The number of thiophene rings is 1. The molecule has 0 bridgehead atoms. The number of carbonyl (C=O) groups excluding carboxylic acids is 1. The van der Waals surface area contributed by atoms with Crippen LogP contribution < -0.4 is 0 Å². The van der Waals surface area contributed by atoms with Gasteiger partial charge in [0, 0.05) is 24.4 Å². The highest BCUT2D eigenvalue weighted by molar-refractivity contribution is 9.11. The molecule has 1 aliphatic rings. The second-order valence-corrected chi connectivity index (χ2v) is 8.04. The molecule has 1 saturated heterocycles. The number of hydrogen-bond donors (Lipinski definition) is 1. The number of amides is 1. The first-order valence-corrected chi connectivity index (χ1v) is 8.27. The molecule has 1 atom stereocenters. The molecule has 1 fully saturated rings. The Bertz CT molecular complexity index is 516. The molecule has 4 nitrogen and oxygen atoms in total. The number of aryl methyl sites for hydroxylation is 1. The number of carboxylic acids is 1. The first-order valence-electron chi connectivity index (χ1n) is 6.66. The monoisotopic (exact) mass is 359 g/mol. The highest BCUT2D eigenvalue weighted by atomic mass is 79.9. The topological polar surface area (TPSA) is 57.6 Å². The van der Waals surface area contributed by atoms with Crippen molar-refractivity contribution in [3.8, 4) is 0 Å². The molecule has 2 rings (SSSR count). The third-order valence-electron chi connectivity index (χ3n) is 3.79. The zero-order chi connectivity index (χ0) is 14.8. The molecule has 0 radical (unpaired) electrons. The van der Waals surface area contributed by atoms with Crippen LogP contribution in [0, 0.1) is 5.41 Å². The van der Waals surface area contributed by atoms with E-state index in [0.717, 1.165) is 16.6 Å². The quantitative estimate of drug-likeness (QED) is 0.878. The van der Waals surface area contributed by atoms with Crippen LogP contribution in [0.3, 0.4) is 0 Å². The van der Waals surface area contributed by atoms with Crippen molar-refractivity contribution in [1.82, 2.24) is 4.90 Å². The summed E-state index contributed by atoms with van der Waals surface area (Å²) in [6, 6.07) is 4.08. The predicted octanol–water partition coefficient (Wildman–Crippen LogP) is 3.16. The Labute approximate surface area is 130 Å². The fraction of sp³-hybridized carbons (Fsp3) is 0.571. The van der Waals surface area contributed by atoms with Gasteiger partial charge in [-0.2, -0.15) is 0 Å². The summed E-state index contributed by atoms with van der Waals surface area (Å²) in [5, 5.41) is 9.16. The van der Waals surface area contributed by atoms with E-state index in [1.165, 1.54) is 4.88 Å². The Morgan fingerprint density at radius 1 is 1.50 bits per heavy atom. The number of likely N-dealkylation sites (tertiary alicyclic amines) is 1. The van der Waals surface area contributed by atoms with Crippen molar-refractivity contribution in [2.75, 3.05) is 13.1 Å². The smallest absolute Gasteiger partial charge is 0.311 e. The minimum atomic E-state index is -0.809. The zero-order valence-corrected chi connectivity index (χ0v) is 13.8. The van der Waals surface area contributed by atoms with Crippen LogP contribution in [-0.2, 0) is 16.0 Å². The van der Waals surface area contributed by atoms with Crippen LogP contribution in [0.25, 0.3) is 0 Å². The average molecular weight is 360 g/mol. The number of carbonyl (C=O) groups is 2. The molecule has 1 aromatic rings. The number of halogens is 1. The highest BCUT2D eigenvalue weighted by Crippen LogP contribution is 2.30. The van der Waals surface area contributed by atoms with Crippen LogP contribution in [0.5, 0.6) is 0 Å². The lowest BCUT2D eigenvalue weighted by Gasteiger charge is -2.20. The zero-order valence-electron chi connectivity index (χ0n) is 11.4. The first kappa shape index (κ1) is 15.5. The molecule has 1 N–H and O–H groups in total. The Hall–Kier alpha value is -0.880. The molecule has 0 spiro atoms. The number of nitrogens with zero attached hydrogens (tertiary/aromatic N) is 1. The molecule has 0 aromatic carbocycles. The molecule has 0 unspecified atom stereocenters. The maximum atomic E-state index is 12.1. The van der Waals surface area contributed by atoms with Crippen molar-refractivity contribution in [3.05, 3.63) is 20.8 Å². The summed E-state index contributed by atoms with van der Waals surface area (Å²) in [5.41, 5.74) is -0.770. The molecular weight excluding hydrogens is 342 g/mol. The van der Waals surface area contributed by atoms with Crippen molar-refractivity contribution in [2.24, 2.45) is 5.41 Å². The van der Waals surface area contributed by atoms with E-state index in [2.05, 4.69) is 22.0 Å². The lowest BCUT2D eigenvalue weighted by atomic mass is 9.90. The maximum absolute atomic E-state index is 12.1. The summed E-state index contributed by atoms with van der Waals surface area (Å²) >= 11 is 5.11. The Kier molecular flexibility index (Phi) is 4.86. The van der Waals surface area contributed by atoms with Gasteiger partial charge in [0.2, 0.25) is 5.91 Å². The molecule has 0 saturated carbocycles. The van der Waals surface area contributed by atoms with Crippen LogP contribution >= 0.6 is 27.3 Å². The van der Waals surface area contributed by atoms with Crippen LogP contribution in [0.4, 0.5) is 0 Å². The molecule has 1 amide bonds. The molecule has 110 valence electrons. The number of aliphatic carboxylic acids is 1. The molecule has 1 aliphatic heterocycles. The molecule has 1 aromatic heterocycles. The van der Waals surface area contributed by atoms with E-state index in [1.54, 1.807) is 23.2 Å². The van der Waals surface area contributed by atoms with Crippen molar-refractivity contribution in [3.63, 3.8) is 0 Å². The van der Waals surface area contributed by atoms with Gasteiger partial charge in [0.25, 0.3) is 0 Å². The van der Waals surface area contributed by atoms with E-state index < -0.39 is 11.4 Å². The van der Waals surface area contributed by atoms with E-state index >= 15 is 0 Å². The highest BCUT2D eigenvalue weighted by Gasteiger charge is 2.41. The Balaban J connectivity index is 1.77. The Morgan fingerprint density at radius 3 is 2.80 bits per heavy atom. The van der Waals surface area contributed by atoms with Gasteiger partial charge in [0.1, 0.15) is 0 Å². The van der Waals surface area contributed by atoms with Crippen LogP contribution in [-0.4, -0.2) is 35.0 Å². The molecule has 0 aliphatic carbocycles. The fourth-order valence-corrected chi connectivity index (χ4v) is 3.93. The number of hydrogen-bond acceptors (Lipinski definition) is 3. The molecular formula is C14H18BrNO3S. The van der Waals surface area contributed by atoms with E-state index in [4.69, 9.17) is 5.11 Å². The normalized spacial score (nSPS) is 22.2. The van der Waals surface area contributed by atoms with Crippen molar-refractivity contribution >= 4 is 39.1 Å².